The third-order valence-corrected chi connectivity index (χ3v) is 22.5. The SMILES string of the molecule is CC(=O)O[C@H]1C(=O)[C@@]2(C)C([C@H](OC(=O)c3ccccc3)[C@]3(O)C[C@H](OC(=O)[C@H](O)[C@@H](NC(=O)c4ccccc4)c4ccccc4)C(C)=C1C3(C)C)[C@]1(OC(C)=O)CO[C@@H]1C[C@@H]2O.O=S(=O)(c1ccc2ccccc2c1)N(CCCCCCNc1ccnc2cc(Cl)ccc12)Cc1ccccc1. The van der Waals surface area contributed by atoms with E-state index in [9.17, 15) is 47.7 Å². The average molecular weight is 1410 g/mol. The van der Waals surface area contributed by atoms with Crippen LogP contribution in [0.3, 0.4) is 0 Å². The van der Waals surface area contributed by atoms with Crippen LogP contribution in [0.1, 0.15) is 118 Å². The first-order valence-electron chi connectivity index (χ1n) is 33.8. The highest BCUT2D eigenvalue weighted by Gasteiger charge is 2.78. The Hall–Kier alpha value is -9.19. The fourth-order valence-corrected chi connectivity index (χ4v) is 16.7. The number of aromatic nitrogens is 1. The molecule has 2 heterocycles. The van der Waals surface area contributed by atoms with E-state index in [1.165, 1.54) is 26.0 Å². The van der Waals surface area contributed by atoms with Crippen LogP contribution in [0.2, 0.25) is 5.02 Å². The van der Waals surface area contributed by atoms with Crippen molar-refractivity contribution in [2.24, 2.45) is 16.7 Å². The van der Waals surface area contributed by atoms with Gasteiger partial charge in [0.25, 0.3) is 5.91 Å². The predicted molar refractivity (Wildman–Crippen MR) is 379 cm³/mol. The molecule has 528 valence electrons. The molecule has 3 fully saturated rings. The highest BCUT2D eigenvalue weighted by molar-refractivity contribution is 7.89. The fourth-order valence-electron chi connectivity index (χ4n) is 15.0. The van der Waals surface area contributed by atoms with E-state index in [0.29, 0.717) is 28.6 Å². The van der Waals surface area contributed by atoms with E-state index in [0.717, 1.165) is 79.0 Å². The first kappa shape index (κ1) is 73.0. The van der Waals surface area contributed by atoms with Gasteiger partial charge in [-0.2, -0.15) is 4.31 Å². The van der Waals surface area contributed by atoms with Gasteiger partial charge in [-0.15, -0.1) is 0 Å². The molecule has 101 heavy (non-hydrogen) atoms. The van der Waals surface area contributed by atoms with Crippen LogP contribution >= 0.6 is 11.6 Å². The van der Waals surface area contributed by atoms with Crippen molar-refractivity contribution < 1.29 is 76.2 Å². The lowest BCUT2D eigenvalue weighted by atomic mass is 9.44. The lowest BCUT2D eigenvalue weighted by Gasteiger charge is -2.67. The molecule has 22 heteroatoms. The molecule has 1 aromatic heterocycles. The molecule has 0 spiro atoms. The van der Waals surface area contributed by atoms with E-state index < -0.39 is 123 Å². The summed E-state index contributed by atoms with van der Waals surface area (Å²) in [6.45, 7) is 9.65. The summed E-state index contributed by atoms with van der Waals surface area (Å²) in [5.74, 6) is -6.84. The molecular formula is C79H83ClN4O16S. The van der Waals surface area contributed by atoms with Gasteiger partial charge in [-0.25, -0.2) is 18.0 Å². The van der Waals surface area contributed by atoms with Gasteiger partial charge in [0, 0.05) is 79.6 Å². The molecule has 0 radical (unpaired) electrons. The number of aliphatic hydroxyl groups excluding tert-OH is 2. The minimum Gasteiger partial charge on any atom is -0.456 e. The number of fused-ring (bicyclic) bond motifs is 7. The summed E-state index contributed by atoms with van der Waals surface area (Å²) in [5.41, 5.74) is -4.11. The summed E-state index contributed by atoms with van der Waals surface area (Å²) in [6.07, 6.45) is -4.96. The van der Waals surface area contributed by atoms with E-state index in [1.54, 1.807) is 115 Å². The minimum atomic E-state index is -3.64. The van der Waals surface area contributed by atoms with Crippen molar-refractivity contribution in [2.45, 2.75) is 145 Å². The number of sulfonamides is 1. The number of pyridine rings is 1. The Labute approximate surface area is 592 Å². The number of nitrogens with one attached hydrogen (secondary N) is 2. The zero-order valence-corrected chi connectivity index (χ0v) is 58.6. The van der Waals surface area contributed by atoms with Crippen LogP contribution < -0.4 is 10.6 Å². The number of carbonyl (C=O) groups excluding carboxylic acids is 6. The number of hydrogen-bond acceptors (Lipinski definition) is 18. The second kappa shape index (κ2) is 30.6. The van der Waals surface area contributed by atoms with Crippen LogP contribution in [0, 0.1) is 16.7 Å². The van der Waals surface area contributed by atoms with Crippen molar-refractivity contribution >= 4 is 84.6 Å². The van der Waals surface area contributed by atoms with Crippen LogP contribution in [-0.4, -0.2) is 136 Å². The van der Waals surface area contributed by atoms with Crippen molar-refractivity contribution in [1.82, 2.24) is 14.6 Å². The molecule has 1 amide bonds. The number of halogens is 1. The van der Waals surface area contributed by atoms with Crippen LogP contribution in [-0.2, 0) is 59.4 Å². The molecule has 2 saturated carbocycles. The maximum atomic E-state index is 15.5. The van der Waals surface area contributed by atoms with Gasteiger partial charge in [-0.3, -0.25) is 24.2 Å². The van der Waals surface area contributed by atoms with Crippen molar-refractivity contribution in [3.63, 3.8) is 0 Å². The number of ether oxygens (including phenoxy) is 5. The molecule has 2 bridgehead atoms. The lowest BCUT2D eigenvalue weighted by Crippen LogP contribution is -2.82. The third kappa shape index (κ3) is 15.0. The van der Waals surface area contributed by atoms with Crippen molar-refractivity contribution in [1.29, 1.82) is 0 Å². The summed E-state index contributed by atoms with van der Waals surface area (Å²) >= 11 is 6.10. The Balaban J connectivity index is 0.000000225. The fraction of sp³-hybridized carbons (Fsp3) is 0.354. The van der Waals surface area contributed by atoms with E-state index >= 15 is 4.79 Å². The quantitative estimate of drug-likeness (QED) is 0.0182. The number of carbonyl (C=O) groups is 6. The van der Waals surface area contributed by atoms with Gasteiger partial charge in [0.15, 0.2) is 23.6 Å². The normalized spacial score (nSPS) is 24.1. The van der Waals surface area contributed by atoms with E-state index in [-0.39, 0.29) is 35.3 Å². The molecule has 1 unspecified atom stereocenters. The van der Waals surface area contributed by atoms with Crippen LogP contribution in [0.5, 0.6) is 0 Å². The van der Waals surface area contributed by atoms with E-state index in [2.05, 4.69) is 15.6 Å². The van der Waals surface area contributed by atoms with Gasteiger partial charge in [-0.1, -0.05) is 166 Å². The molecule has 12 rings (SSSR count). The number of nitrogens with zero attached hydrogens (tertiary/aromatic N) is 2. The predicted octanol–water partition coefficient (Wildman–Crippen LogP) is 11.6. The smallest absolute Gasteiger partial charge is 0.338 e. The van der Waals surface area contributed by atoms with Gasteiger partial charge in [0.2, 0.25) is 10.0 Å². The van der Waals surface area contributed by atoms with Gasteiger partial charge in [-0.05, 0) is 120 Å². The Morgan fingerprint density at radius 3 is 2.03 bits per heavy atom. The molecule has 20 nitrogen and oxygen atoms in total. The van der Waals surface area contributed by atoms with Crippen molar-refractivity contribution in [3.05, 3.63) is 233 Å². The number of ketones is 1. The number of rotatable bonds is 22. The first-order valence-corrected chi connectivity index (χ1v) is 35.6. The number of esters is 4. The molecule has 1 aliphatic heterocycles. The zero-order valence-electron chi connectivity index (χ0n) is 57.0. The number of Topliss-reactive ketones (excluding diaryl/α,β-unsaturated/α-hetero) is 1. The maximum absolute atomic E-state index is 15.5. The lowest BCUT2D eigenvalue weighted by molar-refractivity contribution is -0.346. The Kier molecular flexibility index (Phi) is 22.1. The average Bonchev–Trinajstić information content (AvgIpc) is 0.669. The van der Waals surface area contributed by atoms with Gasteiger partial charge < -0.3 is 49.6 Å². The second-order valence-corrected chi connectivity index (χ2v) is 29.4. The Morgan fingerprint density at radius 2 is 1.38 bits per heavy atom. The topological polar surface area (TPSA) is 284 Å². The summed E-state index contributed by atoms with van der Waals surface area (Å²) in [7, 11) is -3.64. The van der Waals surface area contributed by atoms with Crippen molar-refractivity contribution in [2.75, 3.05) is 25.0 Å². The number of benzene rings is 7. The largest absolute Gasteiger partial charge is 0.456 e. The zero-order chi connectivity index (χ0) is 72.0. The first-order chi connectivity index (χ1) is 48.3. The van der Waals surface area contributed by atoms with Gasteiger partial charge >= 0.3 is 23.9 Å². The highest BCUT2D eigenvalue weighted by Crippen LogP contribution is 2.64. The molecule has 8 aromatic rings. The number of aliphatic hydroxyl groups is 3. The van der Waals surface area contributed by atoms with Crippen LogP contribution in [0.4, 0.5) is 5.69 Å². The summed E-state index contributed by atoms with van der Waals surface area (Å²) in [5, 5.41) is 47.4. The van der Waals surface area contributed by atoms with Gasteiger partial charge in [0.1, 0.15) is 23.9 Å². The number of anilines is 1. The number of hydrogen-bond donors (Lipinski definition) is 5. The Morgan fingerprint density at radius 1 is 0.743 bits per heavy atom. The molecule has 5 N–H and O–H groups in total. The maximum Gasteiger partial charge on any atom is 0.338 e. The van der Waals surface area contributed by atoms with E-state index in [4.69, 9.17) is 35.3 Å². The molecular weight excluding hydrogens is 1330 g/mol. The van der Waals surface area contributed by atoms with E-state index in [1.807, 2.05) is 84.9 Å². The molecule has 4 aliphatic rings. The Bertz CT molecular complexity index is 4510. The van der Waals surface area contributed by atoms with Crippen LogP contribution in [0.15, 0.2) is 210 Å². The highest BCUT2D eigenvalue weighted by atomic mass is 35.5. The molecule has 1 saturated heterocycles. The summed E-state index contributed by atoms with van der Waals surface area (Å²) < 4.78 is 59.4. The summed E-state index contributed by atoms with van der Waals surface area (Å²) in [6, 6.07) is 53.7. The molecule has 7 aromatic carbocycles. The monoisotopic (exact) mass is 1410 g/mol. The molecule has 11 atom stereocenters. The standard InChI is InChI=1S/C47H51NO14.C32H32ClN3O2S/c1-25-31(60-43(56)36(52)35(28-16-10-7-11-17-28)48-41(54)29-18-12-8-13-19-29)23-47(57)40(61-42(55)30-20-14-9-15-21-30)38-45(6,32(51)22-33-46(38,24-58-33)62-27(3)50)39(53)37(59-26(2)49)34(25)44(47,4)5;33-28-15-17-30-31(18-20-35-32(30)23-28)34-19-8-1-2-9-21-36(24-25-10-4-3-5-11-25)39(37,38)29-16-14-26-12-6-7-13-27(26)22-29/h7-21,31-33,35-38,40,51-52,57H,22-24H2,1-6H3,(H,48,54);3-7,10-18,20,22-23H,1-2,8-9,19,21,24H2,(H,34,35)/t31-,32-,33+,35-,36+,37+,38?,40-,45+,46-,47+;/m0./s1. The minimum absolute atomic E-state index is 0.00289. The number of unbranched alkanes of at least 4 members (excludes halogenated alkanes) is 3. The van der Waals surface area contributed by atoms with Crippen LogP contribution in [0.25, 0.3) is 21.7 Å². The summed E-state index contributed by atoms with van der Waals surface area (Å²) in [4.78, 5) is 88.2. The third-order valence-electron chi connectivity index (χ3n) is 20.4. The van der Waals surface area contributed by atoms with Crippen molar-refractivity contribution in [3.8, 4) is 0 Å². The second-order valence-electron chi connectivity index (χ2n) is 27.0. The van der Waals surface area contributed by atoms with Gasteiger partial charge in [0.05, 0.1) is 46.1 Å². The number of amides is 1. The molecule has 3 aliphatic carbocycles.